The van der Waals surface area contributed by atoms with Crippen LogP contribution < -0.4 is 5.32 Å². The second-order valence-corrected chi connectivity index (χ2v) is 7.05. The topological polar surface area (TPSA) is 66.4 Å². The first kappa shape index (κ1) is 13.8. The quantitative estimate of drug-likeness (QED) is 0.826. The van der Waals surface area contributed by atoms with Gasteiger partial charge in [0, 0.05) is 17.6 Å². The molecule has 1 aromatic rings. The minimum Gasteiger partial charge on any atom is -0.391 e. The third-order valence-electron chi connectivity index (χ3n) is 2.79. The molecule has 0 aromatic heterocycles. The first-order valence-electron chi connectivity index (χ1n) is 5.87. The summed E-state index contributed by atoms with van der Waals surface area (Å²) < 4.78 is 24.0. The van der Waals surface area contributed by atoms with Crippen LogP contribution in [0.3, 0.4) is 0 Å². The van der Waals surface area contributed by atoms with Crippen LogP contribution in [0.1, 0.15) is 12.8 Å². The standard InChI is InChI=1S/C12H16ClNO3S/c13-9-2-1-3-12(6-9)18(16,17)8-11(15)7-14-10-4-5-10/h1-3,6,10-11,14-15H,4-5,7-8H2. The molecule has 0 radical (unpaired) electrons. The molecule has 0 spiro atoms. The third kappa shape index (κ3) is 3.95. The number of aliphatic hydroxyl groups is 1. The van der Waals surface area contributed by atoms with E-state index < -0.39 is 15.9 Å². The summed E-state index contributed by atoms with van der Waals surface area (Å²) in [5, 5.41) is 13.2. The Balaban J connectivity index is 1.97. The molecule has 1 aliphatic rings. The summed E-state index contributed by atoms with van der Waals surface area (Å²) in [5.74, 6) is -0.285. The van der Waals surface area contributed by atoms with E-state index in [4.69, 9.17) is 11.6 Å². The summed E-state index contributed by atoms with van der Waals surface area (Å²) in [7, 11) is -3.48. The monoisotopic (exact) mass is 289 g/mol. The lowest BCUT2D eigenvalue weighted by atomic mass is 10.4. The van der Waals surface area contributed by atoms with Crippen molar-refractivity contribution in [3.63, 3.8) is 0 Å². The Bertz CT molecular complexity index is 514. The summed E-state index contributed by atoms with van der Waals surface area (Å²) >= 11 is 5.76. The molecule has 0 heterocycles. The fourth-order valence-electron chi connectivity index (χ4n) is 1.66. The van der Waals surface area contributed by atoms with E-state index in [0.717, 1.165) is 12.8 Å². The van der Waals surface area contributed by atoms with E-state index in [1.807, 2.05) is 0 Å². The smallest absolute Gasteiger partial charge is 0.181 e. The van der Waals surface area contributed by atoms with Gasteiger partial charge in [-0.25, -0.2) is 8.42 Å². The minimum absolute atomic E-state index is 0.153. The summed E-state index contributed by atoms with van der Waals surface area (Å²) in [6.07, 6.45) is 1.32. The van der Waals surface area contributed by atoms with Crippen LogP contribution in [-0.4, -0.2) is 38.0 Å². The van der Waals surface area contributed by atoms with Gasteiger partial charge in [0.05, 0.1) is 16.8 Å². The molecule has 1 aromatic carbocycles. The minimum atomic E-state index is -3.48. The molecule has 0 saturated heterocycles. The van der Waals surface area contributed by atoms with Crippen LogP contribution in [0.2, 0.25) is 5.02 Å². The van der Waals surface area contributed by atoms with Crippen molar-refractivity contribution in [2.75, 3.05) is 12.3 Å². The number of sulfone groups is 1. The fourth-order valence-corrected chi connectivity index (χ4v) is 3.32. The molecule has 0 aliphatic heterocycles. The highest BCUT2D eigenvalue weighted by atomic mass is 35.5. The molecule has 1 fully saturated rings. The van der Waals surface area contributed by atoms with Gasteiger partial charge in [0.2, 0.25) is 0 Å². The predicted molar refractivity (Wildman–Crippen MR) is 70.5 cm³/mol. The lowest BCUT2D eigenvalue weighted by molar-refractivity contribution is 0.193. The van der Waals surface area contributed by atoms with E-state index in [-0.39, 0.29) is 10.6 Å². The van der Waals surface area contributed by atoms with Crippen LogP contribution in [0.15, 0.2) is 29.2 Å². The van der Waals surface area contributed by atoms with Gasteiger partial charge in [-0.15, -0.1) is 0 Å². The number of nitrogens with one attached hydrogen (secondary N) is 1. The average Bonchev–Trinajstić information content (AvgIpc) is 3.09. The zero-order valence-electron chi connectivity index (χ0n) is 9.84. The SMILES string of the molecule is O=S(=O)(CC(O)CNC1CC1)c1cccc(Cl)c1. The van der Waals surface area contributed by atoms with Crippen LogP contribution in [-0.2, 0) is 9.84 Å². The van der Waals surface area contributed by atoms with Gasteiger partial charge < -0.3 is 10.4 Å². The predicted octanol–water partition coefficient (Wildman–Crippen LogP) is 1.23. The number of benzene rings is 1. The molecule has 2 rings (SSSR count). The Hall–Kier alpha value is -0.620. The molecule has 2 N–H and O–H groups in total. The lowest BCUT2D eigenvalue weighted by Crippen LogP contribution is -2.33. The number of halogens is 1. The van der Waals surface area contributed by atoms with E-state index in [1.54, 1.807) is 12.1 Å². The first-order chi connectivity index (χ1) is 8.47. The Labute approximate surface area is 112 Å². The summed E-state index contributed by atoms with van der Waals surface area (Å²) in [6, 6.07) is 6.55. The van der Waals surface area contributed by atoms with Gasteiger partial charge in [0.15, 0.2) is 9.84 Å². The van der Waals surface area contributed by atoms with Crippen LogP contribution in [0.4, 0.5) is 0 Å². The van der Waals surface area contributed by atoms with Gasteiger partial charge >= 0.3 is 0 Å². The van der Waals surface area contributed by atoms with Gasteiger partial charge in [-0.3, -0.25) is 0 Å². The van der Waals surface area contributed by atoms with Crippen molar-refractivity contribution in [1.29, 1.82) is 0 Å². The lowest BCUT2D eigenvalue weighted by Gasteiger charge is -2.12. The van der Waals surface area contributed by atoms with Crippen LogP contribution in [0, 0.1) is 0 Å². The number of aliphatic hydroxyl groups excluding tert-OH is 1. The molecule has 0 amide bonds. The largest absolute Gasteiger partial charge is 0.391 e. The molecule has 0 bridgehead atoms. The molecule has 18 heavy (non-hydrogen) atoms. The van der Waals surface area contributed by atoms with E-state index in [9.17, 15) is 13.5 Å². The fraction of sp³-hybridized carbons (Fsp3) is 0.500. The second-order valence-electron chi connectivity index (χ2n) is 4.58. The summed E-state index contributed by atoms with van der Waals surface area (Å²) in [4.78, 5) is 0.153. The number of hydrogen-bond acceptors (Lipinski definition) is 4. The van der Waals surface area contributed by atoms with Crippen molar-refractivity contribution in [3.05, 3.63) is 29.3 Å². The summed E-state index contributed by atoms with van der Waals surface area (Å²) in [6.45, 7) is 0.310. The second kappa shape index (κ2) is 5.57. The maximum atomic E-state index is 12.0. The summed E-state index contributed by atoms with van der Waals surface area (Å²) in [5.41, 5.74) is 0. The molecule has 1 saturated carbocycles. The third-order valence-corrected chi connectivity index (χ3v) is 4.82. The maximum absolute atomic E-state index is 12.0. The molecule has 100 valence electrons. The Morgan fingerprint density at radius 3 is 2.78 bits per heavy atom. The van der Waals surface area contributed by atoms with E-state index in [2.05, 4.69) is 5.32 Å². The molecule has 1 unspecified atom stereocenters. The van der Waals surface area contributed by atoms with Gasteiger partial charge in [0.25, 0.3) is 0 Å². The van der Waals surface area contributed by atoms with Crippen LogP contribution in [0.5, 0.6) is 0 Å². The highest BCUT2D eigenvalue weighted by molar-refractivity contribution is 7.91. The van der Waals surface area contributed by atoms with Gasteiger partial charge in [-0.05, 0) is 31.0 Å². The van der Waals surface area contributed by atoms with E-state index in [1.165, 1.54) is 12.1 Å². The van der Waals surface area contributed by atoms with Gasteiger partial charge in [-0.1, -0.05) is 17.7 Å². The Morgan fingerprint density at radius 2 is 2.17 bits per heavy atom. The van der Waals surface area contributed by atoms with Crippen molar-refractivity contribution >= 4 is 21.4 Å². The Kier molecular flexibility index (Phi) is 4.27. The molecular formula is C12H16ClNO3S. The normalized spacial score (nSPS) is 17.7. The van der Waals surface area contributed by atoms with Crippen LogP contribution in [0.25, 0.3) is 0 Å². The Morgan fingerprint density at radius 1 is 1.44 bits per heavy atom. The molecule has 4 nitrogen and oxygen atoms in total. The van der Waals surface area contributed by atoms with Crippen molar-refractivity contribution in [1.82, 2.24) is 5.32 Å². The molecule has 6 heteroatoms. The molecule has 1 atom stereocenters. The van der Waals surface area contributed by atoms with Crippen molar-refractivity contribution in [2.45, 2.75) is 29.9 Å². The van der Waals surface area contributed by atoms with Crippen molar-refractivity contribution in [2.24, 2.45) is 0 Å². The number of hydrogen-bond donors (Lipinski definition) is 2. The van der Waals surface area contributed by atoms with E-state index >= 15 is 0 Å². The van der Waals surface area contributed by atoms with Gasteiger partial charge in [0.1, 0.15) is 0 Å². The zero-order chi connectivity index (χ0) is 13.2. The molecular weight excluding hydrogens is 274 g/mol. The number of rotatable bonds is 6. The van der Waals surface area contributed by atoms with Gasteiger partial charge in [-0.2, -0.15) is 0 Å². The molecule has 1 aliphatic carbocycles. The zero-order valence-corrected chi connectivity index (χ0v) is 11.4. The highest BCUT2D eigenvalue weighted by Gasteiger charge is 2.24. The van der Waals surface area contributed by atoms with Crippen molar-refractivity contribution < 1.29 is 13.5 Å². The van der Waals surface area contributed by atoms with Crippen LogP contribution >= 0.6 is 11.6 Å². The first-order valence-corrected chi connectivity index (χ1v) is 7.90. The highest BCUT2D eigenvalue weighted by Crippen LogP contribution is 2.19. The van der Waals surface area contributed by atoms with E-state index in [0.29, 0.717) is 17.6 Å². The maximum Gasteiger partial charge on any atom is 0.181 e. The average molecular weight is 290 g/mol. The van der Waals surface area contributed by atoms with Crippen molar-refractivity contribution in [3.8, 4) is 0 Å².